The number of likely N-dealkylation sites (N-methyl/N-ethyl adjacent to an activating group) is 1. The average Bonchev–Trinajstić information content (AvgIpc) is 2.16. The molecule has 2 heterocycles. The van der Waals surface area contributed by atoms with E-state index in [2.05, 4.69) is 18.9 Å². The van der Waals surface area contributed by atoms with E-state index in [1.165, 1.54) is 0 Å². The van der Waals surface area contributed by atoms with Crippen molar-refractivity contribution in [1.82, 2.24) is 4.90 Å². The van der Waals surface area contributed by atoms with Crippen molar-refractivity contribution in [1.29, 1.82) is 0 Å². The van der Waals surface area contributed by atoms with Crippen molar-refractivity contribution < 1.29 is 9.53 Å². The number of rotatable bonds is 1. The molecule has 0 saturated carbocycles. The van der Waals surface area contributed by atoms with Crippen LogP contribution in [0.3, 0.4) is 0 Å². The van der Waals surface area contributed by atoms with Crippen LogP contribution in [0.4, 0.5) is 0 Å². The lowest BCUT2D eigenvalue weighted by Crippen LogP contribution is -2.36. The van der Waals surface area contributed by atoms with E-state index in [9.17, 15) is 4.79 Å². The van der Waals surface area contributed by atoms with Gasteiger partial charge in [-0.3, -0.25) is 9.69 Å². The van der Waals surface area contributed by atoms with Gasteiger partial charge in [-0.25, -0.2) is 0 Å². The lowest BCUT2D eigenvalue weighted by molar-refractivity contribution is -0.120. The first-order chi connectivity index (χ1) is 6.70. The molecule has 0 aromatic heterocycles. The van der Waals surface area contributed by atoms with Gasteiger partial charge in [0.2, 0.25) is 0 Å². The van der Waals surface area contributed by atoms with E-state index >= 15 is 0 Å². The molecular formula is C11H17NO2. The summed E-state index contributed by atoms with van der Waals surface area (Å²) < 4.78 is 5.80. The van der Waals surface area contributed by atoms with Crippen molar-refractivity contribution >= 4 is 5.78 Å². The maximum atomic E-state index is 11.7. The predicted molar refractivity (Wildman–Crippen MR) is 53.9 cm³/mol. The van der Waals surface area contributed by atoms with Crippen LogP contribution in [0.2, 0.25) is 0 Å². The Morgan fingerprint density at radius 1 is 1.57 bits per heavy atom. The second kappa shape index (κ2) is 3.73. The highest BCUT2D eigenvalue weighted by Gasteiger charge is 2.30. The summed E-state index contributed by atoms with van der Waals surface area (Å²) in [5.41, 5.74) is 0.952. The van der Waals surface area contributed by atoms with E-state index in [1.54, 1.807) is 0 Å². The number of carbonyl (C=O) groups excluding carboxylic acids is 1. The molecule has 1 atom stereocenters. The van der Waals surface area contributed by atoms with Gasteiger partial charge < -0.3 is 4.74 Å². The van der Waals surface area contributed by atoms with Gasteiger partial charge in [0.05, 0.1) is 6.54 Å². The largest absolute Gasteiger partial charge is 0.493 e. The van der Waals surface area contributed by atoms with Crippen LogP contribution in [0, 0.1) is 0 Å². The van der Waals surface area contributed by atoms with Gasteiger partial charge in [0, 0.05) is 18.5 Å². The third-order valence-corrected chi connectivity index (χ3v) is 3.01. The highest BCUT2D eigenvalue weighted by Crippen LogP contribution is 2.28. The fourth-order valence-corrected chi connectivity index (χ4v) is 2.07. The van der Waals surface area contributed by atoms with E-state index < -0.39 is 0 Å². The minimum atomic E-state index is 0.118. The molecule has 0 spiro atoms. The molecule has 14 heavy (non-hydrogen) atoms. The average molecular weight is 195 g/mol. The molecule has 0 aromatic rings. The number of hydrogen-bond donors (Lipinski definition) is 0. The molecular weight excluding hydrogens is 178 g/mol. The monoisotopic (exact) mass is 195 g/mol. The molecule has 0 aromatic carbocycles. The minimum Gasteiger partial charge on any atom is -0.493 e. The SMILES string of the molecule is CCC1CC(=O)C2=C(CN(C)CC2)O1. The Balaban J connectivity index is 2.20. The smallest absolute Gasteiger partial charge is 0.165 e. The number of nitrogens with zero attached hydrogens (tertiary/aromatic N) is 1. The summed E-state index contributed by atoms with van der Waals surface area (Å²) in [4.78, 5) is 13.9. The summed E-state index contributed by atoms with van der Waals surface area (Å²) in [6, 6.07) is 0. The van der Waals surface area contributed by atoms with Crippen LogP contribution in [0.25, 0.3) is 0 Å². The number of carbonyl (C=O) groups is 1. The number of ether oxygens (including phenoxy) is 1. The van der Waals surface area contributed by atoms with E-state index in [-0.39, 0.29) is 6.10 Å². The maximum Gasteiger partial charge on any atom is 0.165 e. The van der Waals surface area contributed by atoms with Gasteiger partial charge in [0.25, 0.3) is 0 Å². The molecule has 2 aliphatic rings. The van der Waals surface area contributed by atoms with Crippen LogP contribution in [0.5, 0.6) is 0 Å². The van der Waals surface area contributed by atoms with Crippen molar-refractivity contribution in [2.24, 2.45) is 0 Å². The standard InChI is InChI=1S/C11H17NO2/c1-3-8-6-10(13)9-4-5-12(2)7-11(9)14-8/h8H,3-7H2,1-2H3. The predicted octanol–water partition coefficient (Wildman–Crippen LogP) is 1.34. The first kappa shape index (κ1) is 9.71. The van der Waals surface area contributed by atoms with E-state index in [1.807, 2.05) is 0 Å². The zero-order valence-corrected chi connectivity index (χ0v) is 8.88. The van der Waals surface area contributed by atoms with Gasteiger partial charge in [-0.2, -0.15) is 0 Å². The topological polar surface area (TPSA) is 29.5 Å². The van der Waals surface area contributed by atoms with E-state index in [0.29, 0.717) is 12.2 Å². The van der Waals surface area contributed by atoms with Crippen LogP contribution in [-0.4, -0.2) is 36.9 Å². The molecule has 0 aliphatic carbocycles. The fourth-order valence-electron chi connectivity index (χ4n) is 2.07. The molecule has 0 bridgehead atoms. The van der Waals surface area contributed by atoms with Gasteiger partial charge in [-0.15, -0.1) is 0 Å². The summed E-state index contributed by atoms with van der Waals surface area (Å²) in [5, 5.41) is 0. The maximum absolute atomic E-state index is 11.7. The van der Waals surface area contributed by atoms with Gasteiger partial charge in [-0.05, 0) is 19.9 Å². The molecule has 3 heteroatoms. The van der Waals surface area contributed by atoms with Crippen molar-refractivity contribution in [2.45, 2.75) is 32.3 Å². The first-order valence-corrected chi connectivity index (χ1v) is 5.31. The number of hydrogen-bond acceptors (Lipinski definition) is 3. The highest BCUT2D eigenvalue weighted by atomic mass is 16.5. The Bertz CT molecular complexity index is 283. The summed E-state index contributed by atoms with van der Waals surface area (Å²) >= 11 is 0. The Morgan fingerprint density at radius 3 is 3.07 bits per heavy atom. The number of ketones is 1. The van der Waals surface area contributed by atoms with Crippen LogP contribution in [-0.2, 0) is 9.53 Å². The van der Waals surface area contributed by atoms with E-state index in [0.717, 1.165) is 37.3 Å². The zero-order chi connectivity index (χ0) is 10.1. The summed E-state index contributed by atoms with van der Waals surface area (Å²) in [6.07, 6.45) is 2.49. The van der Waals surface area contributed by atoms with Crippen LogP contribution in [0.15, 0.2) is 11.3 Å². The zero-order valence-electron chi connectivity index (χ0n) is 8.88. The Labute approximate surface area is 84.7 Å². The van der Waals surface area contributed by atoms with Crippen molar-refractivity contribution in [3.05, 3.63) is 11.3 Å². The minimum absolute atomic E-state index is 0.118. The van der Waals surface area contributed by atoms with E-state index in [4.69, 9.17) is 4.74 Å². The summed E-state index contributed by atoms with van der Waals surface area (Å²) in [5.74, 6) is 1.24. The Hall–Kier alpha value is -0.830. The second-order valence-electron chi connectivity index (χ2n) is 4.16. The van der Waals surface area contributed by atoms with Gasteiger partial charge in [0.15, 0.2) is 5.78 Å². The summed E-state index contributed by atoms with van der Waals surface area (Å²) in [7, 11) is 2.06. The quantitative estimate of drug-likeness (QED) is 0.632. The molecule has 3 nitrogen and oxygen atoms in total. The molecule has 2 aliphatic heterocycles. The normalized spacial score (nSPS) is 28.7. The molecule has 2 rings (SSSR count). The molecule has 1 unspecified atom stereocenters. The first-order valence-electron chi connectivity index (χ1n) is 5.31. The van der Waals surface area contributed by atoms with Crippen molar-refractivity contribution in [2.75, 3.05) is 20.1 Å². The van der Waals surface area contributed by atoms with Crippen LogP contribution in [0.1, 0.15) is 26.2 Å². The molecule has 0 fully saturated rings. The Kier molecular flexibility index (Phi) is 2.59. The van der Waals surface area contributed by atoms with Gasteiger partial charge in [0.1, 0.15) is 11.9 Å². The fraction of sp³-hybridized carbons (Fsp3) is 0.727. The van der Waals surface area contributed by atoms with Crippen LogP contribution < -0.4 is 0 Å². The lowest BCUT2D eigenvalue weighted by Gasteiger charge is -2.33. The molecule has 78 valence electrons. The lowest BCUT2D eigenvalue weighted by atomic mass is 9.95. The third kappa shape index (κ3) is 1.69. The Morgan fingerprint density at radius 2 is 2.36 bits per heavy atom. The molecule has 0 saturated heterocycles. The van der Waals surface area contributed by atoms with Crippen molar-refractivity contribution in [3.63, 3.8) is 0 Å². The third-order valence-electron chi connectivity index (χ3n) is 3.01. The van der Waals surface area contributed by atoms with Crippen LogP contribution >= 0.6 is 0 Å². The summed E-state index contributed by atoms with van der Waals surface area (Å²) in [6.45, 7) is 3.85. The molecule has 0 radical (unpaired) electrons. The van der Waals surface area contributed by atoms with Gasteiger partial charge >= 0.3 is 0 Å². The molecule has 0 N–H and O–H groups in total. The second-order valence-corrected chi connectivity index (χ2v) is 4.16. The number of Topliss-reactive ketones (excluding diaryl/α,β-unsaturated/α-hetero) is 1. The van der Waals surface area contributed by atoms with Crippen molar-refractivity contribution in [3.8, 4) is 0 Å². The highest BCUT2D eigenvalue weighted by molar-refractivity contribution is 5.97. The molecule has 0 amide bonds. The van der Waals surface area contributed by atoms with Gasteiger partial charge in [-0.1, -0.05) is 6.92 Å².